The van der Waals surface area contributed by atoms with E-state index in [0.717, 1.165) is 12.0 Å². The second-order valence-corrected chi connectivity index (χ2v) is 5.30. The van der Waals surface area contributed by atoms with Gasteiger partial charge in [0.05, 0.1) is 11.5 Å². The zero-order chi connectivity index (χ0) is 14.5. The van der Waals surface area contributed by atoms with Gasteiger partial charge in [-0.05, 0) is 25.8 Å². The molecule has 0 aliphatic carbocycles. The van der Waals surface area contributed by atoms with Gasteiger partial charge in [0.1, 0.15) is 0 Å². The Morgan fingerprint density at radius 2 is 1.84 bits per heavy atom. The first-order chi connectivity index (χ1) is 8.86. The van der Waals surface area contributed by atoms with Crippen LogP contribution in [0.4, 0.5) is 0 Å². The minimum Gasteiger partial charge on any atom is -0.481 e. The lowest BCUT2D eigenvalue weighted by Gasteiger charge is -2.22. The summed E-state index contributed by atoms with van der Waals surface area (Å²) in [7, 11) is 0. The number of rotatable bonds is 6. The monoisotopic (exact) mass is 263 g/mol. The molecule has 1 amide bonds. The van der Waals surface area contributed by atoms with Crippen LogP contribution in [-0.2, 0) is 9.59 Å². The summed E-state index contributed by atoms with van der Waals surface area (Å²) in [5.74, 6) is -1.20. The second kappa shape index (κ2) is 6.36. The number of carbonyl (C=O) groups excluding carboxylic acids is 1. The molecule has 0 heterocycles. The predicted octanol–water partition coefficient (Wildman–Crippen LogP) is 2.75. The van der Waals surface area contributed by atoms with Gasteiger partial charge in [0.2, 0.25) is 5.91 Å². The molecule has 0 bridgehead atoms. The average Bonchev–Trinajstić information content (AvgIpc) is 2.36. The first-order valence-corrected chi connectivity index (χ1v) is 6.44. The molecule has 19 heavy (non-hydrogen) atoms. The van der Waals surface area contributed by atoms with Crippen molar-refractivity contribution in [2.45, 2.75) is 39.7 Å². The summed E-state index contributed by atoms with van der Waals surface area (Å²) < 4.78 is 0. The molecule has 1 aromatic carbocycles. The number of carboxylic acids is 1. The summed E-state index contributed by atoms with van der Waals surface area (Å²) in [5, 5.41) is 11.9. The molecule has 0 aromatic heterocycles. The topological polar surface area (TPSA) is 66.4 Å². The van der Waals surface area contributed by atoms with Crippen molar-refractivity contribution in [2.24, 2.45) is 5.41 Å². The Kier molecular flexibility index (Phi) is 5.10. The Morgan fingerprint density at radius 3 is 2.32 bits per heavy atom. The number of carbonyl (C=O) groups is 2. The van der Waals surface area contributed by atoms with Crippen LogP contribution in [0.5, 0.6) is 0 Å². The van der Waals surface area contributed by atoms with Crippen molar-refractivity contribution in [1.29, 1.82) is 0 Å². The fourth-order valence-corrected chi connectivity index (χ4v) is 1.83. The van der Waals surface area contributed by atoms with Crippen LogP contribution < -0.4 is 5.32 Å². The lowest BCUT2D eigenvalue weighted by Crippen LogP contribution is -2.35. The highest BCUT2D eigenvalue weighted by molar-refractivity contribution is 5.84. The van der Waals surface area contributed by atoms with Gasteiger partial charge in [-0.25, -0.2) is 0 Å². The van der Waals surface area contributed by atoms with Gasteiger partial charge in [0, 0.05) is 6.42 Å². The van der Waals surface area contributed by atoms with Crippen molar-refractivity contribution in [1.82, 2.24) is 5.32 Å². The molecule has 0 saturated carbocycles. The smallest absolute Gasteiger partial charge is 0.309 e. The number of amides is 1. The van der Waals surface area contributed by atoms with E-state index in [1.165, 1.54) is 0 Å². The van der Waals surface area contributed by atoms with Gasteiger partial charge >= 0.3 is 5.97 Å². The van der Waals surface area contributed by atoms with Crippen LogP contribution >= 0.6 is 0 Å². The Labute approximate surface area is 113 Å². The lowest BCUT2D eigenvalue weighted by molar-refractivity contribution is -0.149. The molecule has 0 fully saturated rings. The maximum absolute atomic E-state index is 11.9. The first kappa shape index (κ1) is 15.2. The van der Waals surface area contributed by atoms with Crippen LogP contribution in [-0.4, -0.2) is 17.0 Å². The SMILES string of the molecule is CCC(NC(=O)CC(C)(C)C(=O)O)c1ccccc1. The summed E-state index contributed by atoms with van der Waals surface area (Å²) in [6.07, 6.45) is 0.745. The lowest BCUT2D eigenvalue weighted by atomic mass is 9.89. The average molecular weight is 263 g/mol. The highest BCUT2D eigenvalue weighted by atomic mass is 16.4. The molecule has 1 unspecified atom stereocenters. The van der Waals surface area contributed by atoms with Gasteiger partial charge in [-0.15, -0.1) is 0 Å². The highest BCUT2D eigenvalue weighted by Gasteiger charge is 2.30. The quantitative estimate of drug-likeness (QED) is 0.829. The third-order valence-corrected chi connectivity index (χ3v) is 3.13. The van der Waals surface area contributed by atoms with Crippen molar-refractivity contribution in [2.75, 3.05) is 0 Å². The van der Waals surface area contributed by atoms with Crippen LogP contribution in [0.15, 0.2) is 30.3 Å². The van der Waals surface area contributed by atoms with E-state index >= 15 is 0 Å². The maximum Gasteiger partial charge on any atom is 0.309 e. The van der Waals surface area contributed by atoms with E-state index < -0.39 is 11.4 Å². The van der Waals surface area contributed by atoms with Gasteiger partial charge in [-0.3, -0.25) is 9.59 Å². The Hall–Kier alpha value is -1.84. The van der Waals surface area contributed by atoms with Gasteiger partial charge < -0.3 is 10.4 Å². The third kappa shape index (κ3) is 4.39. The molecule has 1 aromatic rings. The Bertz CT molecular complexity index is 440. The predicted molar refractivity (Wildman–Crippen MR) is 73.7 cm³/mol. The fourth-order valence-electron chi connectivity index (χ4n) is 1.83. The molecule has 1 atom stereocenters. The normalized spacial score (nSPS) is 12.8. The molecule has 0 aliphatic heterocycles. The summed E-state index contributed by atoms with van der Waals surface area (Å²) in [4.78, 5) is 22.9. The molecule has 0 spiro atoms. The summed E-state index contributed by atoms with van der Waals surface area (Å²) in [6.45, 7) is 5.09. The summed E-state index contributed by atoms with van der Waals surface area (Å²) in [6, 6.07) is 9.61. The van der Waals surface area contributed by atoms with Crippen molar-refractivity contribution < 1.29 is 14.7 Å². The van der Waals surface area contributed by atoms with Crippen LogP contribution in [0.25, 0.3) is 0 Å². The molecular formula is C15H21NO3. The third-order valence-electron chi connectivity index (χ3n) is 3.13. The molecule has 0 radical (unpaired) electrons. The molecule has 4 heteroatoms. The van der Waals surface area contributed by atoms with Crippen molar-refractivity contribution >= 4 is 11.9 Å². The standard InChI is InChI=1S/C15H21NO3/c1-4-12(11-8-6-5-7-9-11)16-13(17)10-15(2,3)14(18)19/h5-9,12H,4,10H2,1-3H3,(H,16,17)(H,18,19). The molecule has 1 rings (SSSR count). The molecule has 104 valence electrons. The Morgan fingerprint density at radius 1 is 1.26 bits per heavy atom. The van der Waals surface area contributed by atoms with Crippen molar-refractivity contribution in [3.8, 4) is 0 Å². The molecule has 0 saturated heterocycles. The van der Waals surface area contributed by atoms with Gasteiger partial charge in [-0.1, -0.05) is 37.3 Å². The molecule has 4 nitrogen and oxygen atoms in total. The molecule has 0 aliphatic rings. The maximum atomic E-state index is 11.9. The van der Waals surface area contributed by atoms with Gasteiger partial charge in [0.25, 0.3) is 0 Å². The van der Waals surface area contributed by atoms with E-state index in [1.54, 1.807) is 13.8 Å². The number of carboxylic acid groups (broad SMARTS) is 1. The number of aliphatic carboxylic acids is 1. The minimum atomic E-state index is -1.04. The van der Waals surface area contributed by atoms with E-state index in [9.17, 15) is 9.59 Å². The minimum absolute atomic E-state index is 0.0222. The molecular weight excluding hydrogens is 242 g/mol. The van der Waals surface area contributed by atoms with Crippen LogP contribution in [0.1, 0.15) is 45.2 Å². The Balaban J connectivity index is 2.67. The van der Waals surface area contributed by atoms with E-state index in [2.05, 4.69) is 5.32 Å². The van der Waals surface area contributed by atoms with Gasteiger partial charge in [-0.2, -0.15) is 0 Å². The second-order valence-electron chi connectivity index (χ2n) is 5.30. The van der Waals surface area contributed by atoms with Crippen LogP contribution in [0, 0.1) is 5.41 Å². The van der Waals surface area contributed by atoms with Crippen LogP contribution in [0.3, 0.4) is 0 Å². The van der Waals surface area contributed by atoms with Crippen LogP contribution in [0.2, 0.25) is 0 Å². The number of benzene rings is 1. The summed E-state index contributed by atoms with van der Waals surface area (Å²) in [5.41, 5.74) is -0.00882. The molecule has 2 N–H and O–H groups in total. The number of hydrogen-bond acceptors (Lipinski definition) is 2. The zero-order valence-corrected chi connectivity index (χ0v) is 11.6. The fraction of sp³-hybridized carbons (Fsp3) is 0.467. The zero-order valence-electron chi connectivity index (χ0n) is 11.6. The summed E-state index contributed by atoms with van der Waals surface area (Å²) >= 11 is 0. The largest absolute Gasteiger partial charge is 0.481 e. The van der Waals surface area contributed by atoms with Crippen molar-refractivity contribution in [3.05, 3.63) is 35.9 Å². The first-order valence-electron chi connectivity index (χ1n) is 6.44. The van der Waals surface area contributed by atoms with E-state index in [0.29, 0.717) is 0 Å². The highest BCUT2D eigenvalue weighted by Crippen LogP contribution is 2.22. The van der Waals surface area contributed by atoms with E-state index in [4.69, 9.17) is 5.11 Å². The number of nitrogens with one attached hydrogen (secondary N) is 1. The van der Waals surface area contributed by atoms with Crippen molar-refractivity contribution in [3.63, 3.8) is 0 Å². The van der Waals surface area contributed by atoms with Gasteiger partial charge in [0.15, 0.2) is 0 Å². The number of hydrogen-bond donors (Lipinski definition) is 2. The van der Waals surface area contributed by atoms with E-state index in [1.807, 2.05) is 37.3 Å². The van der Waals surface area contributed by atoms with E-state index in [-0.39, 0.29) is 18.4 Å².